The Balaban J connectivity index is 2.08. The van der Waals surface area contributed by atoms with Gasteiger partial charge < -0.3 is 0 Å². The Morgan fingerprint density at radius 1 is 0.938 bits per heavy atom. The van der Waals surface area contributed by atoms with Crippen molar-refractivity contribution in [1.29, 1.82) is 0 Å². The van der Waals surface area contributed by atoms with Crippen LogP contribution in [0.1, 0.15) is 24.0 Å². The van der Waals surface area contributed by atoms with Gasteiger partial charge in [0.15, 0.2) is 0 Å². The maximum atomic E-state index is 12.7. The fourth-order valence-corrected chi connectivity index (χ4v) is 1.87. The molecule has 0 amide bonds. The first-order valence-corrected chi connectivity index (χ1v) is 5.55. The minimum Gasteiger partial charge on any atom is -0.207 e. The molecule has 0 saturated carbocycles. The van der Waals surface area contributed by atoms with Crippen LogP contribution in [0.25, 0.3) is 0 Å². The number of hydrogen-bond donors (Lipinski definition) is 0. The Hall–Kier alpha value is -1.63. The zero-order valence-corrected chi connectivity index (χ0v) is 9.36. The molecular formula is C15H15F. The number of benzene rings is 2. The highest BCUT2D eigenvalue weighted by Crippen LogP contribution is 2.19. The number of halogens is 1. The Morgan fingerprint density at radius 3 is 2.19 bits per heavy atom. The van der Waals surface area contributed by atoms with Crippen LogP contribution in [0.2, 0.25) is 0 Å². The quantitative estimate of drug-likeness (QED) is 0.719. The van der Waals surface area contributed by atoms with E-state index >= 15 is 0 Å². The summed E-state index contributed by atoms with van der Waals surface area (Å²) in [6, 6.07) is 17.1. The fourth-order valence-electron chi connectivity index (χ4n) is 1.87. The average molecular weight is 214 g/mol. The van der Waals surface area contributed by atoms with E-state index < -0.39 is 0 Å². The summed E-state index contributed by atoms with van der Waals surface area (Å²) in [5.41, 5.74) is 2.50. The highest BCUT2D eigenvalue weighted by Gasteiger charge is 2.05. The normalized spacial score (nSPS) is 12.4. The molecule has 16 heavy (non-hydrogen) atoms. The standard InChI is InChI=1S/C15H15F/c1-12(14-5-3-2-4-6-14)11-13-7-9-15(16)10-8-13/h2-10,12H,11H2,1H3. The van der Waals surface area contributed by atoms with Crippen molar-refractivity contribution in [2.24, 2.45) is 0 Å². The summed E-state index contributed by atoms with van der Waals surface area (Å²) in [5.74, 6) is 0.294. The van der Waals surface area contributed by atoms with E-state index in [0.717, 1.165) is 6.42 Å². The summed E-state index contributed by atoms with van der Waals surface area (Å²) in [7, 11) is 0. The minimum absolute atomic E-state index is 0.170. The van der Waals surface area contributed by atoms with Gasteiger partial charge in [-0.2, -0.15) is 0 Å². The van der Waals surface area contributed by atoms with Crippen molar-refractivity contribution in [2.75, 3.05) is 0 Å². The smallest absolute Gasteiger partial charge is 0.123 e. The minimum atomic E-state index is -0.170. The third kappa shape index (κ3) is 2.69. The molecule has 0 radical (unpaired) electrons. The van der Waals surface area contributed by atoms with Crippen LogP contribution in [0.4, 0.5) is 4.39 Å². The molecule has 2 aromatic rings. The molecule has 82 valence electrons. The van der Waals surface area contributed by atoms with E-state index in [4.69, 9.17) is 0 Å². The van der Waals surface area contributed by atoms with E-state index in [1.165, 1.54) is 23.3 Å². The van der Waals surface area contributed by atoms with Gasteiger partial charge in [-0.25, -0.2) is 4.39 Å². The van der Waals surface area contributed by atoms with E-state index in [9.17, 15) is 4.39 Å². The molecular weight excluding hydrogens is 199 g/mol. The van der Waals surface area contributed by atoms with Crippen LogP contribution in [0.3, 0.4) is 0 Å². The Bertz CT molecular complexity index is 431. The molecule has 0 bridgehead atoms. The van der Waals surface area contributed by atoms with Gasteiger partial charge in [-0.05, 0) is 35.6 Å². The second-order valence-electron chi connectivity index (χ2n) is 4.14. The Kier molecular flexibility index (Phi) is 3.35. The molecule has 0 aliphatic heterocycles. The molecule has 0 spiro atoms. The summed E-state index contributed by atoms with van der Waals surface area (Å²) in [6.45, 7) is 2.19. The first-order valence-electron chi connectivity index (χ1n) is 5.55. The van der Waals surface area contributed by atoms with Gasteiger partial charge in [-0.1, -0.05) is 49.4 Å². The fraction of sp³-hybridized carbons (Fsp3) is 0.200. The maximum Gasteiger partial charge on any atom is 0.123 e. The van der Waals surface area contributed by atoms with Crippen molar-refractivity contribution in [3.8, 4) is 0 Å². The number of hydrogen-bond acceptors (Lipinski definition) is 0. The molecule has 0 fully saturated rings. The molecule has 1 unspecified atom stereocenters. The van der Waals surface area contributed by atoms with Crippen molar-refractivity contribution in [3.05, 3.63) is 71.5 Å². The SMILES string of the molecule is CC(Cc1ccc(F)cc1)c1ccccc1. The van der Waals surface area contributed by atoms with E-state index in [1.807, 2.05) is 18.2 Å². The van der Waals surface area contributed by atoms with Crippen LogP contribution in [0.5, 0.6) is 0 Å². The predicted octanol–water partition coefficient (Wildman–Crippen LogP) is 4.17. The summed E-state index contributed by atoms with van der Waals surface area (Å²) in [6.07, 6.45) is 0.949. The molecule has 2 aromatic carbocycles. The van der Waals surface area contributed by atoms with Gasteiger partial charge in [0.25, 0.3) is 0 Å². The maximum absolute atomic E-state index is 12.7. The molecule has 0 saturated heterocycles. The van der Waals surface area contributed by atoms with Gasteiger partial charge in [0.1, 0.15) is 5.82 Å². The van der Waals surface area contributed by atoms with Gasteiger partial charge in [0.2, 0.25) is 0 Å². The van der Waals surface area contributed by atoms with Crippen LogP contribution < -0.4 is 0 Å². The van der Waals surface area contributed by atoms with E-state index in [0.29, 0.717) is 5.92 Å². The number of rotatable bonds is 3. The third-order valence-electron chi connectivity index (χ3n) is 2.82. The van der Waals surface area contributed by atoms with Crippen molar-refractivity contribution in [3.63, 3.8) is 0 Å². The summed E-state index contributed by atoms with van der Waals surface area (Å²) in [4.78, 5) is 0. The first kappa shape index (κ1) is 10.9. The van der Waals surface area contributed by atoms with E-state index in [1.54, 1.807) is 0 Å². The van der Waals surface area contributed by atoms with Crippen LogP contribution in [-0.4, -0.2) is 0 Å². The summed E-state index contributed by atoms with van der Waals surface area (Å²) < 4.78 is 12.7. The van der Waals surface area contributed by atoms with Gasteiger partial charge >= 0.3 is 0 Å². The van der Waals surface area contributed by atoms with Crippen molar-refractivity contribution in [1.82, 2.24) is 0 Å². The topological polar surface area (TPSA) is 0 Å². The van der Waals surface area contributed by atoms with Crippen LogP contribution >= 0.6 is 0 Å². The average Bonchev–Trinajstić information content (AvgIpc) is 2.33. The summed E-state index contributed by atoms with van der Waals surface area (Å²) in [5, 5.41) is 0. The molecule has 0 heterocycles. The highest BCUT2D eigenvalue weighted by atomic mass is 19.1. The summed E-state index contributed by atoms with van der Waals surface area (Å²) >= 11 is 0. The monoisotopic (exact) mass is 214 g/mol. The van der Waals surface area contributed by atoms with Crippen molar-refractivity contribution < 1.29 is 4.39 Å². The molecule has 1 heteroatoms. The predicted molar refractivity (Wildman–Crippen MR) is 65.0 cm³/mol. The lowest BCUT2D eigenvalue weighted by Crippen LogP contribution is -1.98. The zero-order valence-electron chi connectivity index (χ0n) is 9.36. The lowest BCUT2D eigenvalue weighted by atomic mass is 9.94. The Labute approximate surface area is 95.7 Å². The van der Waals surface area contributed by atoms with Gasteiger partial charge in [0, 0.05) is 0 Å². The largest absolute Gasteiger partial charge is 0.207 e. The van der Waals surface area contributed by atoms with Gasteiger partial charge in [-0.15, -0.1) is 0 Å². The second kappa shape index (κ2) is 4.93. The molecule has 0 nitrogen and oxygen atoms in total. The van der Waals surface area contributed by atoms with Crippen LogP contribution in [-0.2, 0) is 6.42 Å². The van der Waals surface area contributed by atoms with Crippen molar-refractivity contribution >= 4 is 0 Å². The first-order chi connectivity index (χ1) is 7.75. The molecule has 0 aliphatic rings. The van der Waals surface area contributed by atoms with Gasteiger partial charge in [-0.3, -0.25) is 0 Å². The van der Waals surface area contributed by atoms with Crippen LogP contribution in [0, 0.1) is 5.82 Å². The molecule has 1 atom stereocenters. The van der Waals surface area contributed by atoms with Crippen molar-refractivity contribution in [2.45, 2.75) is 19.3 Å². The zero-order chi connectivity index (χ0) is 11.4. The molecule has 0 aliphatic carbocycles. The van der Waals surface area contributed by atoms with Gasteiger partial charge in [0.05, 0.1) is 0 Å². The lowest BCUT2D eigenvalue weighted by molar-refractivity contribution is 0.626. The van der Waals surface area contributed by atoms with E-state index in [-0.39, 0.29) is 5.82 Å². The molecule has 0 N–H and O–H groups in total. The Morgan fingerprint density at radius 2 is 1.56 bits per heavy atom. The van der Waals surface area contributed by atoms with E-state index in [2.05, 4.69) is 31.2 Å². The molecule has 0 aromatic heterocycles. The van der Waals surface area contributed by atoms with Crippen LogP contribution in [0.15, 0.2) is 54.6 Å². The second-order valence-corrected chi connectivity index (χ2v) is 4.14. The molecule has 2 rings (SSSR count). The highest BCUT2D eigenvalue weighted by molar-refractivity contribution is 5.23. The lowest BCUT2D eigenvalue weighted by Gasteiger charge is -2.11. The third-order valence-corrected chi connectivity index (χ3v) is 2.82.